The maximum absolute atomic E-state index is 6.00. The van der Waals surface area contributed by atoms with Gasteiger partial charge in [0.05, 0.1) is 14.2 Å². The molecule has 1 aromatic rings. The average Bonchev–Trinajstić information content (AvgIpc) is 2.90. The fourth-order valence-corrected chi connectivity index (χ4v) is 3.79. The summed E-state index contributed by atoms with van der Waals surface area (Å²) < 4.78 is 11.9. The first-order valence-corrected chi connectivity index (χ1v) is 8.20. The lowest BCUT2D eigenvalue weighted by Gasteiger charge is -2.32. The predicted molar refractivity (Wildman–Crippen MR) is 89.0 cm³/mol. The van der Waals surface area contributed by atoms with Crippen LogP contribution in [0.1, 0.15) is 31.9 Å². The lowest BCUT2D eigenvalue weighted by atomic mass is 9.93. The van der Waals surface area contributed by atoms with Crippen LogP contribution in [-0.2, 0) is 0 Å². The average molecular weight is 357 g/mol. The van der Waals surface area contributed by atoms with Gasteiger partial charge in [0.25, 0.3) is 0 Å². The second kappa shape index (κ2) is 6.99. The van der Waals surface area contributed by atoms with Crippen molar-refractivity contribution in [3.8, 4) is 11.5 Å². The summed E-state index contributed by atoms with van der Waals surface area (Å²) in [5, 5.41) is 0. The molecule has 0 bridgehead atoms. The summed E-state index contributed by atoms with van der Waals surface area (Å²) in [5.41, 5.74) is 7.23. The molecule has 0 aliphatic carbocycles. The van der Waals surface area contributed by atoms with E-state index in [1.807, 2.05) is 6.07 Å². The highest BCUT2D eigenvalue weighted by Gasteiger charge is 2.37. The van der Waals surface area contributed by atoms with Crippen LogP contribution in [0.4, 0.5) is 0 Å². The largest absolute Gasteiger partial charge is 0.493 e. The molecule has 118 valence electrons. The number of hydrogen-bond acceptors (Lipinski definition) is 4. The molecule has 0 saturated carbocycles. The molecule has 0 radical (unpaired) electrons. The van der Waals surface area contributed by atoms with E-state index in [0.29, 0.717) is 24.5 Å². The minimum absolute atomic E-state index is 0.323. The standard InChI is InChI=1S/C16H25BrN2O2/c1-10(2)19-6-5-11(9-18)16(19)12-7-14(20-3)15(21-4)8-13(12)17/h7-8,10-11,16H,5-6,9,18H2,1-4H3. The smallest absolute Gasteiger partial charge is 0.161 e. The number of rotatable bonds is 5. The van der Waals surface area contributed by atoms with Crippen LogP contribution in [-0.4, -0.2) is 38.3 Å². The van der Waals surface area contributed by atoms with Gasteiger partial charge in [0, 0.05) is 16.6 Å². The van der Waals surface area contributed by atoms with Crippen molar-refractivity contribution >= 4 is 15.9 Å². The number of hydrogen-bond donors (Lipinski definition) is 1. The van der Waals surface area contributed by atoms with E-state index in [1.54, 1.807) is 14.2 Å². The van der Waals surface area contributed by atoms with Crippen molar-refractivity contribution in [1.29, 1.82) is 0 Å². The van der Waals surface area contributed by atoms with Gasteiger partial charge in [-0.15, -0.1) is 0 Å². The Kier molecular flexibility index (Phi) is 5.52. The lowest BCUT2D eigenvalue weighted by molar-refractivity contribution is 0.183. The molecule has 4 nitrogen and oxygen atoms in total. The number of likely N-dealkylation sites (tertiary alicyclic amines) is 1. The molecule has 0 aromatic heterocycles. The SMILES string of the molecule is COc1cc(Br)c(C2C(CN)CCN2C(C)C)cc1OC. The Morgan fingerprint density at radius 3 is 2.43 bits per heavy atom. The Morgan fingerprint density at radius 1 is 1.29 bits per heavy atom. The number of benzene rings is 1. The molecule has 21 heavy (non-hydrogen) atoms. The fraction of sp³-hybridized carbons (Fsp3) is 0.625. The van der Waals surface area contributed by atoms with Gasteiger partial charge in [0.1, 0.15) is 0 Å². The molecule has 0 amide bonds. The van der Waals surface area contributed by atoms with Crippen molar-refractivity contribution < 1.29 is 9.47 Å². The molecule has 5 heteroatoms. The van der Waals surface area contributed by atoms with Gasteiger partial charge < -0.3 is 15.2 Å². The minimum atomic E-state index is 0.323. The molecule has 1 heterocycles. The van der Waals surface area contributed by atoms with Crippen molar-refractivity contribution in [3.05, 3.63) is 22.2 Å². The van der Waals surface area contributed by atoms with E-state index in [1.165, 1.54) is 5.56 Å². The molecule has 2 unspecified atom stereocenters. The summed E-state index contributed by atoms with van der Waals surface area (Å²) in [6.07, 6.45) is 1.14. The Balaban J connectivity index is 2.47. The van der Waals surface area contributed by atoms with Gasteiger partial charge in [-0.25, -0.2) is 0 Å². The number of methoxy groups -OCH3 is 2. The second-order valence-electron chi connectivity index (χ2n) is 5.79. The highest BCUT2D eigenvalue weighted by molar-refractivity contribution is 9.10. The summed E-state index contributed by atoms with van der Waals surface area (Å²) in [7, 11) is 3.33. The third kappa shape index (κ3) is 3.20. The number of nitrogens with two attached hydrogens (primary N) is 1. The van der Waals surface area contributed by atoms with Gasteiger partial charge in [-0.2, -0.15) is 0 Å². The zero-order valence-corrected chi connectivity index (χ0v) is 14.8. The van der Waals surface area contributed by atoms with E-state index in [9.17, 15) is 0 Å². The Bertz CT molecular complexity index is 493. The highest BCUT2D eigenvalue weighted by atomic mass is 79.9. The summed E-state index contributed by atoms with van der Waals surface area (Å²) in [6.45, 7) is 6.26. The zero-order chi connectivity index (χ0) is 15.6. The van der Waals surface area contributed by atoms with E-state index in [-0.39, 0.29) is 0 Å². The molecule has 1 aromatic carbocycles. The van der Waals surface area contributed by atoms with Crippen LogP contribution < -0.4 is 15.2 Å². The van der Waals surface area contributed by atoms with Gasteiger partial charge in [-0.05, 0) is 57.0 Å². The summed E-state index contributed by atoms with van der Waals surface area (Å²) >= 11 is 3.69. The minimum Gasteiger partial charge on any atom is -0.493 e. The Labute approximate surface area is 135 Å². The number of nitrogens with zero attached hydrogens (tertiary/aromatic N) is 1. The number of halogens is 1. The third-order valence-electron chi connectivity index (χ3n) is 4.35. The quantitative estimate of drug-likeness (QED) is 0.879. The monoisotopic (exact) mass is 356 g/mol. The van der Waals surface area contributed by atoms with Crippen molar-refractivity contribution in [3.63, 3.8) is 0 Å². The maximum atomic E-state index is 6.00. The first-order valence-electron chi connectivity index (χ1n) is 7.40. The molecule has 2 N–H and O–H groups in total. The third-order valence-corrected chi connectivity index (χ3v) is 5.04. The molecule has 2 rings (SSSR count). The van der Waals surface area contributed by atoms with E-state index >= 15 is 0 Å². The van der Waals surface area contributed by atoms with Crippen LogP contribution in [0.2, 0.25) is 0 Å². The molecule has 1 saturated heterocycles. The van der Waals surface area contributed by atoms with E-state index in [2.05, 4.69) is 40.7 Å². The van der Waals surface area contributed by atoms with Crippen molar-refractivity contribution in [2.75, 3.05) is 27.3 Å². The molecule has 1 aliphatic heterocycles. The van der Waals surface area contributed by atoms with Crippen molar-refractivity contribution in [2.24, 2.45) is 11.7 Å². The predicted octanol–water partition coefficient (Wildman–Crippen LogP) is 3.20. The summed E-state index contributed by atoms with van der Waals surface area (Å²) in [5.74, 6) is 1.98. The van der Waals surface area contributed by atoms with Gasteiger partial charge >= 0.3 is 0 Å². The fourth-order valence-electron chi connectivity index (χ4n) is 3.24. The Morgan fingerprint density at radius 2 is 1.90 bits per heavy atom. The van der Waals surface area contributed by atoms with Gasteiger partial charge in [0.2, 0.25) is 0 Å². The van der Waals surface area contributed by atoms with Gasteiger partial charge in [-0.1, -0.05) is 15.9 Å². The van der Waals surface area contributed by atoms with Crippen LogP contribution >= 0.6 is 15.9 Å². The van der Waals surface area contributed by atoms with E-state index in [4.69, 9.17) is 15.2 Å². The first kappa shape index (κ1) is 16.6. The van der Waals surface area contributed by atoms with Crippen molar-refractivity contribution in [2.45, 2.75) is 32.4 Å². The topological polar surface area (TPSA) is 47.7 Å². The van der Waals surface area contributed by atoms with E-state index < -0.39 is 0 Å². The lowest BCUT2D eigenvalue weighted by Crippen LogP contribution is -2.33. The second-order valence-corrected chi connectivity index (χ2v) is 6.64. The maximum Gasteiger partial charge on any atom is 0.161 e. The van der Waals surface area contributed by atoms with Gasteiger partial charge in [0.15, 0.2) is 11.5 Å². The van der Waals surface area contributed by atoms with E-state index in [0.717, 1.165) is 28.9 Å². The van der Waals surface area contributed by atoms with Crippen LogP contribution in [0.5, 0.6) is 11.5 Å². The van der Waals surface area contributed by atoms with Crippen LogP contribution in [0.25, 0.3) is 0 Å². The molecule has 2 atom stereocenters. The van der Waals surface area contributed by atoms with Crippen LogP contribution in [0.3, 0.4) is 0 Å². The van der Waals surface area contributed by atoms with Crippen LogP contribution in [0.15, 0.2) is 16.6 Å². The normalized spacial score (nSPS) is 22.8. The number of ether oxygens (including phenoxy) is 2. The molecular formula is C16H25BrN2O2. The zero-order valence-electron chi connectivity index (χ0n) is 13.2. The molecule has 1 aliphatic rings. The summed E-state index contributed by atoms with van der Waals surface area (Å²) in [4.78, 5) is 2.52. The Hall–Kier alpha value is -0.780. The van der Waals surface area contributed by atoms with Crippen LogP contribution in [0, 0.1) is 5.92 Å². The molecule has 1 fully saturated rings. The van der Waals surface area contributed by atoms with Crippen molar-refractivity contribution in [1.82, 2.24) is 4.90 Å². The van der Waals surface area contributed by atoms with Gasteiger partial charge in [-0.3, -0.25) is 4.90 Å². The highest BCUT2D eigenvalue weighted by Crippen LogP contribution is 2.44. The summed E-state index contributed by atoms with van der Waals surface area (Å²) in [6, 6.07) is 4.88. The molecular weight excluding hydrogens is 332 g/mol. The first-order chi connectivity index (χ1) is 10.0. The molecule has 0 spiro atoms.